The summed E-state index contributed by atoms with van der Waals surface area (Å²) in [6, 6.07) is 14.6. The number of carbonyl (C=O) groups excluding carboxylic acids is 1. The topological polar surface area (TPSA) is 103 Å². The number of rotatable bonds is 5. The maximum absolute atomic E-state index is 13.4. The van der Waals surface area contributed by atoms with Crippen LogP contribution in [0.15, 0.2) is 59.5 Å². The highest BCUT2D eigenvalue weighted by Crippen LogP contribution is 2.27. The molecule has 8 heteroatoms. The number of anilines is 1. The van der Waals surface area contributed by atoms with Crippen LogP contribution in [0.1, 0.15) is 54.1 Å². The van der Waals surface area contributed by atoms with Crippen LogP contribution in [-0.2, 0) is 6.54 Å². The highest BCUT2D eigenvalue weighted by Gasteiger charge is 2.29. The Morgan fingerprint density at radius 2 is 1.94 bits per heavy atom. The van der Waals surface area contributed by atoms with Crippen LogP contribution >= 0.6 is 0 Å². The Hall–Kier alpha value is -3.94. The Kier molecular flexibility index (Phi) is 5.88. The zero-order valence-electron chi connectivity index (χ0n) is 19.2. The van der Waals surface area contributed by atoms with Crippen molar-refractivity contribution in [2.24, 2.45) is 0 Å². The molecular weight excluding hydrogens is 430 g/mol. The second kappa shape index (κ2) is 9.13. The van der Waals surface area contributed by atoms with Gasteiger partial charge in [-0.15, -0.1) is 0 Å². The van der Waals surface area contributed by atoms with Crippen molar-refractivity contribution in [2.45, 2.75) is 44.7 Å². The Labute approximate surface area is 197 Å². The third-order valence-electron chi connectivity index (χ3n) is 6.60. The van der Waals surface area contributed by atoms with Gasteiger partial charge in [-0.2, -0.15) is 0 Å². The zero-order chi connectivity index (χ0) is 23.7. The van der Waals surface area contributed by atoms with Crippen LogP contribution in [0.3, 0.4) is 0 Å². The van der Waals surface area contributed by atoms with Crippen LogP contribution in [0.2, 0.25) is 0 Å². The van der Waals surface area contributed by atoms with Gasteiger partial charge in [0.1, 0.15) is 16.7 Å². The lowest BCUT2D eigenvalue weighted by Crippen LogP contribution is -2.47. The van der Waals surface area contributed by atoms with Crippen LogP contribution in [0.5, 0.6) is 5.75 Å². The van der Waals surface area contributed by atoms with E-state index >= 15 is 0 Å². The molecule has 0 saturated heterocycles. The van der Waals surface area contributed by atoms with E-state index < -0.39 is 0 Å². The van der Waals surface area contributed by atoms with Gasteiger partial charge in [0.25, 0.3) is 17.1 Å². The Morgan fingerprint density at radius 3 is 2.68 bits per heavy atom. The molecule has 1 aromatic carbocycles. The van der Waals surface area contributed by atoms with Crippen LogP contribution in [-0.4, -0.2) is 22.4 Å². The molecule has 1 amide bonds. The minimum absolute atomic E-state index is 0.101. The van der Waals surface area contributed by atoms with Gasteiger partial charge in [0.05, 0.1) is 13.2 Å². The highest BCUT2D eigenvalue weighted by molar-refractivity contribution is 6.00. The molecule has 1 aliphatic carbocycles. The maximum Gasteiger partial charge on any atom is 0.278 e. The van der Waals surface area contributed by atoms with Gasteiger partial charge >= 0.3 is 0 Å². The number of aromatic nitrogens is 3. The van der Waals surface area contributed by atoms with E-state index in [4.69, 9.17) is 15.5 Å². The lowest BCUT2D eigenvalue weighted by atomic mass is 9.94. The Balaban J connectivity index is 1.60. The predicted molar refractivity (Wildman–Crippen MR) is 130 cm³/mol. The summed E-state index contributed by atoms with van der Waals surface area (Å²) >= 11 is 0. The van der Waals surface area contributed by atoms with E-state index in [1.54, 1.807) is 31.5 Å². The highest BCUT2D eigenvalue weighted by atomic mass is 16.5. The molecule has 34 heavy (non-hydrogen) atoms. The number of amides is 1. The standard InChI is InChI=1S/C26H27N5O3/c1-34-19-12-10-17(11-13-19)16-28-25(32)20-15-21-24(29-22-9-5-6-14-30(22)26(21)33)31(23(20)27)18-7-3-2-4-8-18/h5-6,9-15,18,27H,2-4,7-8,16H2,1H3,(H,28,32)/p+1. The van der Waals surface area contributed by atoms with Gasteiger partial charge in [0.2, 0.25) is 11.5 Å². The van der Waals surface area contributed by atoms with Crippen LogP contribution in [0.4, 0.5) is 5.82 Å². The van der Waals surface area contributed by atoms with Crippen LogP contribution < -0.4 is 25.9 Å². The quantitative estimate of drug-likeness (QED) is 0.353. The number of pyridine rings is 2. The van der Waals surface area contributed by atoms with Crippen molar-refractivity contribution in [2.75, 3.05) is 12.8 Å². The van der Waals surface area contributed by atoms with Crippen molar-refractivity contribution in [1.29, 1.82) is 0 Å². The average Bonchev–Trinajstić information content (AvgIpc) is 2.88. The molecule has 0 spiro atoms. The number of hydrogen-bond acceptors (Lipinski definition) is 5. The normalized spacial score (nSPS) is 14.4. The van der Waals surface area contributed by atoms with Gasteiger partial charge in [-0.1, -0.05) is 29.6 Å². The molecule has 3 N–H and O–H groups in total. The fraction of sp³-hybridized carbons (Fsp3) is 0.308. The molecule has 1 fully saturated rings. The molecule has 4 aromatic rings. The van der Waals surface area contributed by atoms with Gasteiger partial charge in [-0.3, -0.25) is 14.0 Å². The smallest absolute Gasteiger partial charge is 0.278 e. The Bertz CT molecular complexity index is 1420. The number of benzene rings is 1. The molecule has 0 aliphatic heterocycles. The number of hydrogen-bond donors (Lipinski definition) is 2. The summed E-state index contributed by atoms with van der Waals surface area (Å²) in [7, 11) is 1.61. The fourth-order valence-electron chi connectivity index (χ4n) is 4.77. The predicted octanol–water partition coefficient (Wildman–Crippen LogP) is 3.16. The van der Waals surface area contributed by atoms with E-state index in [-0.39, 0.29) is 17.5 Å². The second-order valence-electron chi connectivity index (χ2n) is 8.72. The van der Waals surface area contributed by atoms with Crippen molar-refractivity contribution in [3.63, 3.8) is 0 Å². The molecular formula is C26H28N5O3+. The monoisotopic (exact) mass is 458 g/mol. The number of nitrogens with zero attached hydrogens (tertiary/aromatic N) is 3. The SMILES string of the molecule is COc1ccc(CNC(=O)c2cc3c(=O)n4ccccc4nc3[n+](C3CCCCC3)c2N)cc1. The lowest BCUT2D eigenvalue weighted by Gasteiger charge is -2.23. The number of nitrogens with two attached hydrogens (primary N) is 1. The van der Waals surface area contributed by atoms with Crippen molar-refractivity contribution in [3.8, 4) is 5.75 Å². The van der Waals surface area contributed by atoms with Gasteiger partial charge in [0.15, 0.2) is 0 Å². The van der Waals surface area contributed by atoms with Crippen LogP contribution in [0.25, 0.3) is 16.7 Å². The summed E-state index contributed by atoms with van der Waals surface area (Å²) in [5.41, 5.74) is 8.72. The fourth-order valence-corrected chi connectivity index (χ4v) is 4.77. The minimum Gasteiger partial charge on any atom is -0.497 e. The molecule has 3 heterocycles. The van der Waals surface area contributed by atoms with E-state index in [0.29, 0.717) is 34.6 Å². The summed E-state index contributed by atoms with van der Waals surface area (Å²) in [4.78, 5) is 31.4. The number of methoxy groups -OCH3 is 1. The first kappa shape index (κ1) is 21.9. The molecule has 0 bridgehead atoms. The number of fused-ring (bicyclic) bond motifs is 2. The average molecular weight is 459 g/mol. The van der Waals surface area contributed by atoms with E-state index in [1.807, 2.05) is 34.9 Å². The maximum atomic E-state index is 13.4. The van der Waals surface area contributed by atoms with E-state index in [1.165, 1.54) is 10.8 Å². The number of nitrogen functional groups attached to an aromatic ring is 1. The number of nitrogens with one attached hydrogen (secondary N) is 1. The summed E-state index contributed by atoms with van der Waals surface area (Å²) in [6.07, 6.45) is 6.91. The van der Waals surface area contributed by atoms with Crippen molar-refractivity contribution in [1.82, 2.24) is 14.7 Å². The summed E-state index contributed by atoms with van der Waals surface area (Å²) in [6.45, 7) is 0.332. The van der Waals surface area contributed by atoms with Crippen molar-refractivity contribution >= 4 is 28.4 Å². The van der Waals surface area contributed by atoms with Crippen molar-refractivity contribution < 1.29 is 14.1 Å². The third-order valence-corrected chi connectivity index (χ3v) is 6.60. The molecule has 0 radical (unpaired) electrons. The molecule has 5 rings (SSSR count). The number of ether oxygens (including phenoxy) is 1. The van der Waals surface area contributed by atoms with Crippen molar-refractivity contribution in [3.05, 3.63) is 76.2 Å². The second-order valence-corrected chi connectivity index (χ2v) is 8.72. The summed E-state index contributed by atoms with van der Waals surface area (Å²) in [5.74, 6) is 0.777. The van der Waals surface area contributed by atoms with E-state index in [9.17, 15) is 9.59 Å². The third kappa shape index (κ3) is 3.96. The zero-order valence-corrected chi connectivity index (χ0v) is 19.2. The molecule has 1 aliphatic rings. The first-order chi connectivity index (χ1) is 16.6. The Morgan fingerprint density at radius 1 is 1.18 bits per heavy atom. The lowest BCUT2D eigenvalue weighted by molar-refractivity contribution is -0.689. The van der Waals surface area contributed by atoms with Gasteiger partial charge in [0, 0.05) is 12.7 Å². The van der Waals surface area contributed by atoms with Gasteiger partial charge < -0.3 is 15.8 Å². The minimum atomic E-state index is -0.322. The first-order valence-electron chi connectivity index (χ1n) is 11.6. The molecule has 174 valence electrons. The van der Waals surface area contributed by atoms with Gasteiger partial charge in [-0.25, -0.2) is 4.57 Å². The molecule has 3 aromatic heterocycles. The summed E-state index contributed by atoms with van der Waals surface area (Å²) in [5, 5.41) is 3.33. The van der Waals surface area contributed by atoms with Gasteiger partial charge in [-0.05, 0) is 61.6 Å². The summed E-state index contributed by atoms with van der Waals surface area (Å²) < 4.78 is 8.61. The molecule has 0 unspecified atom stereocenters. The molecule has 0 atom stereocenters. The van der Waals surface area contributed by atoms with E-state index in [0.717, 1.165) is 37.0 Å². The first-order valence-corrected chi connectivity index (χ1v) is 11.6. The largest absolute Gasteiger partial charge is 0.497 e. The molecule has 1 saturated carbocycles. The van der Waals surface area contributed by atoms with E-state index in [2.05, 4.69) is 5.32 Å². The van der Waals surface area contributed by atoms with Crippen LogP contribution in [0, 0.1) is 0 Å². The number of carbonyl (C=O) groups is 1. The molecule has 8 nitrogen and oxygen atoms in total.